The molecule has 7 heteroatoms. The molecule has 6 atom stereocenters. The van der Waals surface area contributed by atoms with E-state index in [0.717, 1.165) is 37.8 Å². The average molecular weight is 498 g/mol. The topological polar surface area (TPSA) is 63.9 Å². The highest BCUT2D eigenvalue weighted by molar-refractivity contribution is 5.29. The fourth-order valence-corrected chi connectivity index (χ4v) is 7.56. The summed E-state index contributed by atoms with van der Waals surface area (Å²) in [7, 11) is 0. The molecule has 4 fully saturated rings. The predicted octanol–water partition coefficient (Wildman–Crippen LogP) is 5.15. The highest BCUT2D eigenvalue weighted by atomic mass is 19.4. The molecule has 0 aromatic carbocycles. The molecule has 1 saturated heterocycles. The standard InChI is InChI=1S/C28H42F3NO3/c1-18(17-32-13-11-27(35,12-14-32)28(29,30)31)22-8-9-23-21(5-4-10-26(22,23)3)7-6-20-15-24(33)19(2)25(34)16-20/h6-7,18,22-25,33-35H,2,4-5,8-17H2,1,3H3/b21-7+/t18-,22-,23+,24-,25-,26-/m1/s1. The molecule has 1 aliphatic heterocycles. The molecule has 0 aromatic rings. The van der Waals surface area contributed by atoms with Crippen molar-refractivity contribution in [1.29, 1.82) is 0 Å². The van der Waals surface area contributed by atoms with Gasteiger partial charge in [0.05, 0.1) is 12.2 Å². The number of aliphatic hydroxyl groups is 3. The van der Waals surface area contributed by atoms with E-state index in [2.05, 4.69) is 37.5 Å². The van der Waals surface area contributed by atoms with E-state index in [1.54, 1.807) is 0 Å². The van der Waals surface area contributed by atoms with Crippen molar-refractivity contribution in [3.8, 4) is 0 Å². The van der Waals surface area contributed by atoms with Crippen LogP contribution in [-0.4, -0.2) is 63.8 Å². The quantitative estimate of drug-likeness (QED) is 0.470. The average Bonchev–Trinajstić information content (AvgIpc) is 3.14. The number of hydrogen-bond acceptors (Lipinski definition) is 4. The number of fused-ring (bicyclic) bond motifs is 1. The minimum absolute atomic E-state index is 0.185. The van der Waals surface area contributed by atoms with Crippen molar-refractivity contribution in [2.75, 3.05) is 19.6 Å². The van der Waals surface area contributed by atoms with Gasteiger partial charge >= 0.3 is 6.18 Å². The van der Waals surface area contributed by atoms with Crippen LogP contribution in [0.3, 0.4) is 0 Å². The van der Waals surface area contributed by atoms with Crippen molar-refractivity contribution in [3.63, 3.8) is 0 Å². The van der Waals surface area contributed by atoms with E-state index in [-0.39, 0.29) is 31.3 Å². The maximum Gasteiger partial charge on any atom is 0.417 e. The lowest BCUT2D eigenvalue weighted by molar-refractivity contribution is -0.272. The molecule has 3 N–H and O–H groups in total. The summed E-state index contributed by atoms with van der Waals surface area (Å²) in [4.78, 5) is 2.11. The van der Waals surface area contributed by atoms with Crippen LogP contribution in [0.1, 0.15) is 71.6 Å². The van der Waals surface area contributed by atoms with Crippen molar-refractivity contribution in [3.05, 3.63) is 35.5 Å². The van der Waals surface area contributed by atoms with Crippen molar-refractivity contribution < 1.29 is 28.5 Å². The molecule has 35 heavy (non-hydrogen) atoms. The molecule has 0 spiro atoms. The van der Waals surface area contributed by atoms with Gasteiger partial charge in [0.15, 0.2) is 5.60 Å². The third-order valence-electron chi connectivity index (χ3n) is 9.78. The molecular formula is C28H42F3NO3. The van der Waals surface area contributed by atoms with Crippen LogP contribution in [0.4, 0.5) is 13.2 Å². The number of alkyl halides is 3. The van der Waals surface area contributed by atoms with Crippen LogP contribution >= 0.6 is 0 Å². The molecule has 0 radical (unpaired) electrons. The summed E-state index contributed by atoms with van der Waals surface area (Å²) in [5.41, 5.74) is 0.674. The predicted molar refractivity (Wildman–Crippen MR) is 131 cm³/mol. The van der Waals surface area contributed by atoms with Crippen molar-refractivity contribution in [1.82, 2.24) is 4.90 Å². The Morgan fingerprint density at radius 1 is 1.09 bits per heavy atom. The summed E-state index contributed by atoms with van der Waals surface area (Å²) in [5, 5.41) is 30.3. The Hall–Kier alpha value is -1.15. The number of likely N-dealkylation sites (tertiary alicyclic amines) is 1. The molecule has 0 amide bonds. The Bertz CT molecular complexity index is 842. The molecule has 0 unspecified atom stereocenters. The molecule has 4 rings (SSSR count). The van der Waals surface area contributed by atoms with E-state index >= 15 is 0 Å². The van der Waals surface area contributed by atoms with Gasteiger partial charge in [-0.1, -0.05) is 43.7 Å². The molecular weight excluding hydrogens is 455 g/mol. The van der Waals surface area contributed by atoms with E-state index in [0.29, 0.717) is 36.2 Å². The molecule has 4 aliphatic rings. The Labute approximate surface area is 207 Å². The second-order valence-electron chi connectivity index (χ2n) is 12.0. The first-order chi connectivity index (χ1) is 16.3. The van der Waals surface area contributed by atoms with Gasteiger partial charge in [-0.15, -0.1) is 0 Å². The number of rotatable bonds is 4. The van der Waals surface area contributed by atoms with Gasteiger partial charge in [0.25, 0.3) is 0 Å². The second-order valence-corrected chi connectivity index (χ2v) is 12.0. The van der Waals surface area contributed by atoms with E-state index in [1.165, 1.54) is 12.0 Å². The first kappa shape index (κ1) is 26.9. The largest absolute Gasteiger partial charge is 0.417 e. The smallest absolute Gasteiger partial charge is 0.388 e. The van der Waals surface area contributed by atoms with Crippen LogP contribution < -0.4 is 0 Å². The molecule has 1 heterocycles. The zero-order chi connectivity index (χ0) is 25.6. The first-order valence-electron chi connectivity index (χ1n) is 13.3. The van der Waals surface area contributed by atoms with Crippen molar-refractivity contribution in [2.45, 2.75) is 95.6 Å². The van der Waals surface area contributed by atoms with Gasteiger partial charge in [0.1, 0.15) is 0 Å². The van der Waals surface area contributed by atoms with Crippen LogP contribution in [0.5, 0.6) is 0 Å². The Morgan fingerprint density at radius 2 is 1.71 bits per heavy atom. The maximum absolute atomic E-state index is 13.2. The van der Waals surface area contributed by atoms with Crippen molar-refractivity contribution >= 4 is 0 Å². The Morgan fingerprint density at radius 3 is 2.31 bits per heavy atom. The van der Waals surface area contributed by atoms with Gasteiger partial charge in [-0.05, 0) is 86.5 Å². The fraction of sp³-hybridized carbons (Fsp3) is 0.786. The van der Waals surface area contributed by atoms with E-state index in [9.17, 15) is 28.5 Å². The van der Waals surface area contributed by atoms with E-state index in [1.807, 2.05) is 0 Å². The zero-order valence-corrected chi connectivity index (χ0v) is 21.2. The van der Waals surface area contributed by atoms with E-state index in [4.69, 9.17) is 0 Å². The maximum atomic E-state index is 13.2. The third-order valence-corrected chi connectivity index (χ3v) is 9.78. The lowest BCUT2D eigenvalue weighted by Crippen LogP contribution is -2.54. The van der Waals surface area contributed by atoms with Crippen molar-refractivity contribution in [2.24, 2.45) is 23.2 Å². The van der Waals surface area contributed by atoms with Crippen LogP contribution in [0.2, 0.25) is 0 Å². The number of aliphatic hydroxyl groups excluding tert-OH is 2. The Balaban J connectivity index is 1.40. The molecule has 0 aromatic heterocycles. The number of hydrogen-bond donors (Lipinski definition) is 3. The summed E-state index contributed by atoms with van der Waals surface area (Å²) in [5.74, 6) is 1.41. The summed E-state index contributed by atoms with van der Waals surface area (Å²) in [6.07, 6.45) is 4.64. The summed E-state index contributed by atoms with van der Waals surface area (Å²) >= 11 is 0. The van der Waals surface area contributed by atoms with Crippen LogP contribution in [-0.2, 0) is 0 Å². The fourth-order valence-electron chi connectivity index (χ4n) is 7.56. The molecule has 4 nitrogen and oxygen atoms in total. The van der Waals surface area contributed by atoms with Crippen LogP contribution in [0.15, 0.2) is 35.5 Å². The van der Waals surface area contributed by atoms with Gasteiger partial charge in [-0.3, -0.25) is 0 Å². The number of allylic oxidation sites excluding steroid dienone is 3. The monoisotopic (exact) mass is 497 g/mol. The van der Waals surface area contributed by atoms with Gasteiger partial charge < -0.3 is 20.2 Å². The highest BCUT2D eigenvalue weighted by Gasteiger charge is 2.55. The zero-order valence-electron chi connectivity index (χ0n) is 21.2. The molecule has 0 bridgehead atoms. The number of piperidine rings is 1. The summed E-state index contributed by atoms with van der Waals surface area (Å²) < 4.78 is 39.5. The third kappa shape index (κ3) is 5.29. The van der Waals surface area contributed by atoms with Gasteiger partial charge in [-0.25, -0.2) is 0 Å². The van der Waals surface area contributed by atoms with Gasteiger partial charge in [0.2, 0.25) is 0 Å². The minimum atomic E-state index is -4.56. The number of nitrogens with zero attached hydrogens (tertiary/aromatic N) is 1. The Kier molecular flexibility index (Phi) is 7.65. The van der Waals surface area contributed by atoms with Crippen LogP contribution in [0, 0.1) is 23.2 Å². The lowest BCUT2D eigenvalue weighted by Gasteiger charge is -2.46. The van der Waals surface area contributed by atoms with E-state index < -0.39 is 24.0 Å². The summed E-state index contributed by atoms with van der Waals surface area (Å²) in [6.45, 7) is 9.80. The SMILES string of the molecule is C=C1[C@H](O)CC(=C/C=C2\CCC[C@]3(C)[C@@H]([C@H](C)CN4CCC(O)(C(F)(F)F)CC4)CC[C@@H]23)C[C@H]1O. The lowest BCUT2D eigenvalue weighted by atomic mass is 9.61. The molecule has 198 valence electrons. The number of halogens is 3. The first-order valence-corrected chi connectivity index (χ1v) is 13.3. The van der Waals surface area contributed by atoms with Crippen LogP contribution in [0.25, 0.3) is 0 Å². The normalized spacial score (nSPS) is 38.5. The van der Waals surface area contributed by atoms with Gasteiger partial charge in [0, 0.05) is 19.6 Å². The highest BCUT2D eigenvalue weighted by Crippen LogP contribution is 2.59. The second kappa shape index (κ2) is 9.96. The summed E-state index contributed by atoms with van der Waals surface area (Å²) in [6, 6.07) is 0. The minimum Gasteiger partial charge on any atom is -0.388 e. The van der Waals surface area contributed by atoms with Gasteiger partial charge in [-0.2, -0.15) is 13.2 Å². The molecule has 3 aliphatic carbocycles. The molecule has 3 saturated carbocycles.